The number of hydrogen-bond donors (Lipinski definition) is 1. The number of benzene rings is 1. The van der Waals surface area contributed by atoms with Gasteiger partial charge in [0.1, 0.15) is 17.9 Å². The van der Waals surface area contributed by atoms with Gasteiger partial charge < -0.3 is 9.52 Å². The molecule has 4 heteroatoms. The predicted molar refractivity (Wildman–Crippen MR) is 72.2 cm³/mol. The van der Waals surface area contributed by atoms with Crippen molar-refractivity contribution in [3.8, 4) is 11.3 Å². The molecule has 0 aliphatic rings. The third-order valence-electron chi connectivity index (χ3n) is 3.03. The number of hydrogen-bond acceptors (Lipinski definition) is 3. The minimum Gasteiger partial charge on any atom is -0.481 e. The Morgan fingerprint density at radius 1 is 1.21 bits per heavy atom. The van der Waals surface area contributed by atoms with Crippen molar-refractivity contribution in [1.82, 2.24) is 4.98 Å². The maximum atomic E-state index is 10.9. The Morgan fingerprint density at radius 3 is 2.32 bits per heavy atom. The summed E-state index contributed by atoms with van der Waals surface area (Å²) in [5.74, 6) is -0.00880. The zero-order valence-electron chi connectivity index (χ0n) is 11.6. The summed E-state index contributed by atoms with van der Waals surface area (Å²) in [5, 5.41) is 8.94. The second kappa shape index (κ2) is 4.88. The molecular formula is C15H17NO3. The van der Waals surface area contributed by atoms with E-state index in [1.54, 1.807) is 6.92 Å². The maximum Gasteiger partial charge on any atom is 0.311 e. The van der Waals surface area contributed by atoms with Gasteiger partial charge in [-0.15, -0.1) is 0 Å². The fourth-order valence-corrected chi connectivity index (χ4v) is 2.48. The molecule has 0 radical (unpaired) electrons. The van der Waals surface area contributed by atoms with Crippen LogP contribution in [0.2, 0.25) is 0 Å². The third kappa shape index (κ3) is 2.67. The lowest BCUT2D eigenvalue weighted by molar-refractivity contribution is -0.136. The van der Waals surface area contributed by atoms with Crippen LogP contribution in [0.25, 0.3) is 11.3 Å². The van der Waals surface area contributed by atoms with Crippen molar-refractivity contribution in [2.75, 3.05) is 0 Å². The zero-order chi connectivity index (χ0) is 14.2. The lowest BCUT2D eigenvalue weighted by Crippen LogP contribution is -2.01. The first-order valence-electron chi connectivity index (χ1n) is 6.15. The first-order chi connectivity index (χ1) is 8.88. The summed E-state index contributed by atoms with van der Waals surface area (Å²) in [6.45, 7) is 7.78. The Labute approximate surface area is 112 Å². The van der Waals surface area contributed by atoms with E-state index in [4.69, 9.17) is 9.52 Å². The summed E-state index contributed by atoms with van der Waals surface area (Å²) in [7, 11) is 0. The van der Waals surface area contributed by atoms with Gasteiger partial charge in [0, 0.05) is 12.5 Å². The Hall–Kier alpha value is -2.10. The summed E-state index contributed by atoms with van der Waals surface area (Å²) >= 11 is 0. The van der Waals surface area contributed by atoms with Crippen molar-refractivity contribution >= 4 is 5.97 Å². The molecule has 0 aliphatic heterocycles. The van der Waals surface area contributed by atoms with Crippen LogP contribution in [0.5, 0.6) is 0 Å². The highest BCUT2D eigenvalue weighted by Crippen LogP contribution is 2.31. The summed E-state index contributed by atoms with van der Waals surface area (Å²) in [6, 6.07) is 4.13. The molecule has 2 rings (SSSR count). The van der Waals surface area contributed by atoms with E-state index in [0.717, 1.165) is 16.7 Å². The molecule has 0 aliphatic carbocycles. The molecule has 0 bridgehead atoms. The van der Waals surface area contributed by atoms with Crippen LogP contribution in [0.15, 0.2) is 16.5 Å². The Bertz CT molecular complexity index is 618. The van der Waals surface area contributed by atoms with E-state index in [2.05, 4.69) is 17.1 Å². The number of rotatable bonds is 3. The molecule has 1 aromatic carbocycles. The number of carboxylic acids is 1. The van der Waals surface area contributed by atoms with E-state index in [1.165, 1.54) is 5.56 Å². The van der Waals surface area contributed by atoms with Crippen LogP contribution in [0, 0.1) is 27.7 Å². The molecule has 0 atom stereocenters. The van der Waals surface area contributed by atoms with Crippen LogP contribution in [0.1, 0.15) is 28.3 Å². The molecule has 19 heavy (non-hydrogen) atoms. The van der Waals surface area contributed by atoms with Gasteiger partial charge in [0.25, 0.3) is 0 Å². The number of carboxylic acid groups (broad SMARTS) is 1. The van der Waals surface area contributed by atoms with Gasteiger partial charge in [-0.1, -0.05) is 17.7 Å². The molecule has 1 N–H and O–H groups in total. The molecule has 4 nitrogen and oxygen atoms in total. The van der Waals surface area contributed by atoms with Crippen LogP contribution in [0.4, 0.5) is 0 Å². The van der Waals surface area contributed by atoms with Crippen molar-refractivity contribution in [3.05, 3.63) is 40.5 Å². The van der Waals surface area contributed by atoms with Crippen LogP contribution in [-0.2, 0) is 11.2 Å². The molecule has 2 aromatic rings. The number of oxazole rings is 1. The molecule has 0 saturated carbocycles. The summed E-state index contributed by atoms with van der Waals surface area (Å²) < 4.78 is 5.43. The largest absolute Gasteiger partial charge is 0.481 e. The summed E-state index contributed by atoms with van der Waals surface area (Å²) in [4.78, 5) is 15.3. The normalized spacial score (nSPS) is 10.7. The van der Waals surface area contributed by atoms with Gasteiger partial charge in [0.15, 0.2) is 5.89 Å². The Kier molecular flexibility index (Phi) is 3.42. The van der Waals surface area contributed by atoms with Crippen molar-refractivity contribution in [1.29, 1.82) is 0 Å². The Balaban J connectivity index is 2.62. The monoisotopic (exact) mass is 259 g/mol. The topological polar surface area (TPSA) is 63.3 Å². The average molecular weight is 259 g/mol. The van der Waals surface area contributed by atoms with Crippen molar-refractivity contribution in [2.45, 2.75) is 34.1 Å². The number of nitrogens with zero attached hydrogens (tertiary/aromatic N) is 1. The number of aromatic nitrogens is 1. The lowest BCUT2D eigenvalue weighted by atomic mass is 9.96. The smallest absolute Gasteiger partial charge is 0.311 e. The standard InChI is InChI=1S/C15H17NO3/c1-8-5-9(2)14(10(3)6-8)15-12(7-13(17)18)19-11(4)16-15/h5-6H,7H2,1-4H3,(H,17,18). The highest BCUT2D eigenvalue weighted by atomic mass is 16.4. The number of aryl methyl sites for hydroxylation is 4. The van der Waals surface area contributed by atoms with E-state index in [9.17, 15) is 4.79 Å². The van der Waals surface area contributed by atoms with E-state index in [1.807, 2.05) is 20.8 Å². The SMILES string of the molecule is Cc1cc(C)c(-c2nc(C)oc2CC(=O)O)c(C)c1. The van der Waals surface area contributed by atoms with E-state index < -0.39 is 5.97 Å². The van der Waals surface area contributed by atoms with Gasteiger partial charge >= 0.3 is 5.97 Å². The fraction of sp³-hybridized carbons (Fsp3) is 0.333. The molecule has 0 saturated heterocycles. The molecule has 100 valence electrons. The van der Waals surface area contributed by atoms with Crippen LogP contribution in [-0.4, -0.2) is 16.1 Å². The molecule has 1 aromatic heterocycles. The van der Waals surface area contributed by atoms with Gasteiger partial charge in [0.05, 0.1) is 0 Å². The van der Waals surface area contributed by atoms with Gasteiger partial charge in [-0.05, 0) is 31.9 Å². The number of aliphatic carboxylic acids is 1. The van der Waals surface area contributed by atoms with Crippen molar-refractivity contribution in [3.63, 3.8) is 0 Å². The first kappa shape index (κ1) is 13.3. The van der Waals surface area contributed by atoms with Gasteiger partial charge in [-0.25, -0.2) is 4.98 Å². The van der Waals surface area contributed by atoms with Crippen LogP contribution < -0.4 is 0 Å². The molecule has 1 heterocycles. The van der Waals surface area contributed by atoms with E-state index in [-0.39, 0.29) is 6.42 Å². The van der Waals surface area contributed by atoms with Gasteiger partial charge in [0.2, 0.25) is 0 Å². The minimum atomic E-state index is -0.917. The Morgan fingerprint density at radius 2 is 1.79 bits per heavy atom. The van der Waals surface area contributed by atoms with Gasteiger partial charge in [-0.2, -0.15) is 0 Å². The van der Waals surface area contributed by atoms with Crippen molar-refractivity contribution < 1.29 is 14.3 Å². The summed E-state index contributed by atoms with van der Waals surface area (Å²) in [5.41, 5.74) is 4.96. The quantitative estimate of drug-likeness (QED) is 0.919. The second-order valence-corrected chi connectivity index (χ2v) is 4.85. The van der Waals surface area contributed by atoms with Gasteiger partial charge in [-0.3, -0.25) is 4.79 Å². The predicted octanol–water partition coefficient (Wildman–Crippen LogP) is 3.20. The highest BCUT2D eigenvalue weighted by Gasteiger charge is 2.19. The van der Waals surface area contributed by atoms with Crippen LogP contribution in [0.3, 0.4) is 0 Å². The van der Waals surface area contributed by atoms with Crippen LogP contribution >= 0.6 is 0 Å². The average Bonchev–Trinajstić information content (AvgIpc) is 2.56. The van der Waals surface area contributed by atoms with E-state index in [0.29, 0.717) is 17.3 Å². The zero-order valence-corrected chi connectivity index (χ0v) is 11.6. The summed E-state index contributed by atoms with van der Waals surface area (Å²) in [6.07, 6.45) is -0.150. The van der Waals surface area contributed by atoms with E-state index >= 15 is 0 Å². The molecule has 0 spiro atoms. The molecular weight excluding hydrogens is 242 g/mol. The third-order valence-corrected chi connectivity index (χ3v) is 3.03. The number of carbonyl (C=O) groups is 1. The molecule has 0 amide bonds. The fourth-order valence-electron chi connectivity index (χ4n) is 2.48. The minimum absolute atomic E-state index is 0.150. The van der Waals surface area contributed by atoms with Crippen molar-refractivity contribution in [2.24, 2.45) is 0 Å². The lowest BCUT2D eigenvalue weighted by Gasteiger charge is -2.09. The first-order valence-corrected chi connectivity index (χ1v) is 6.15. The highest BCUT2D eigenvalue weighted by molar-refractivity contribution is 5.76. The second-order valence-electron chi connectivity index (χ2n) is 4.85. The molecule has 0 unspecified atom stereocenters. The molecule has 0 fully saturated rings. The maximum absolute atomic E-state index is 10.9.